The molecule has 0 bridgehead atoms. The van der Waals surface area contributed by atoms with Crippen LogP contribution in [0.25, 0.3) is 38.8 Å². The maximum absolute atomic E-state index is 15.0. The van der Waals surface area contributed by atoms with Crippen LogP contribution < -0.4 is 15.2 Å². The number of imidazole rings is 1. The molecule has 0 unspecified atom stereocenters. The SMILES string of the molecule is COc1cc2ncc3c(c2cc1-c1cn(C)nc1C)n(-c1c(F)cncc1OC(F)F)c(=O)n3C. The predicted octanol–water partition coefficient (Wildman–Crippen LogP) is 3.73. The van der Waals surface area contributed by atoms with Gasteiger partial charge in [-0.2, -0.15) is 13.9 Å². The molecule has 5 rings (SSSR count). The standard InChI is InChI=1S/C23H19F3N6O3/c1-11-14(10-30(2)29-11)12-5-13-16(6-18(12)34-4)28-8-17-20(13)32(23(33)31(17)3)21-15(24)7-27-9-19(21)35-22(25)26/h5-10,22H,1-4H3. The number of nitrogens with zero attached hydrogens (tertiary/aromatic N) is 6. The Morgan fingerprint density at radius 1 is 1.06 bits per heavy atom. The molecule has 4 heterocycles. The van der Waals surface area contributed by atoms with Crippen LogP contribution in [0.4, 0.5) is 13.2 Å². The number of fused-ring (bicyclic) bond motifs is 3. The largest absolute Gasteiger partial charge is 0.496 e. The van der Waals surface area contributed by atoms with Gasteiger partial charge in [-0.25, -0.2) is 9.18 Å². The minimum Gasteiger partial charge on any atom is -0.496 e. The van der Waals surface area contributed by atoms with Crippen LogP contribution in [0.1, 0.15) is 5.69 Å². The highest BCUT2D eigenvalue weighted by molar-refractivity contribution is 6.06. The quantitative estimate of drug-likeness (QED) is 0.378. The molecule has 0 saturated carbocycles. The van der Waals surface area contributed by atoms with Gasteiger partial charge in [0.1, 0.15) is 11.4 Å². The smallest absolute Gasteiger partial charge is 0.387 e. The monoisotopic (exact) mass is 484 g/mol. The number of pyridine rings is 2. The topological polar surface area (TPSA) is 89.0 Å². The second-order valence-electron chi connectivity index (χ2n) is 7.89. The summed E-state index contributed by atoms with van der Waals surface area (Å²) in [6.07, 6.45) is 5.04. The minimum absolute atomic E-state index is 0.261. The first-order valence-corrected chi connectivity index (χ1v) is 10.4. The number of rotatable bonds is 5. The summed E-state index contributed by atoms with van der Waals surface area (Å²) in [5.74, 6) is -1.06. The van der Waals surface area contributed by atoms with Crippen LogP contribution in [-0.4, -0.2) is 42.6 Å². The summed E-state index contributed by atoms with van der Waals surface area (Å²) < 4.78 is 55.2. The van der Waals surface area contributed by atoms with Crippen LogP contribution >= 0.6 is 0 Å². The molecular weight excluding hydrogens is 465 g/mol. The van der Waals surface area contributed by atoms with Crippen LogP contribution in [-0.2, 0) is 14.1 Å². The maximum atomic E-state index is 15.0. The molecule has 0 fully saturated rings. The molecule has 35 heavy (non-hydrogen) atoms. The molecule has 0 aliphatic heterocycles. The van der Waals surface area contributed by atoms with E-state index in [-0.39, 0.29) is 5.52 Å². The molecule has 0 N–H and O–H groups in total. The van der Waals surface area contributed by atoms with E-state index < -0.39 is 29.6 Å². The molecule has 12 heteroatoms. The van der Waals surface area contributed by atoms with E-state index in [0.29, 0.717) is 27.7 Å². The van der Waals surface area contributed by atoms with E-state index in [2.05, 4.69) is 19.8 Å². The molecule has 0 spiro atoms. The van der Waals surface area contributed by atoms with Crippen LogP contribution in [0, 0.1) is 12.7 Å². The molecule has 9 nitrogen and oxygen atoms in total. The van der Waals surface area contributed by atoms with Gasteiger partial charge < -0.3 is 9.47 Å². The average Bonchev–Trinajstić information content (AvgIpc) is 3.28. The molecule has 0 atom stereocenters. The van der Waals surface area contributed by atoms with E-state index in [1.54, 1.807) is 23.9 Å². The number of aromatic nitrogens is 6. The van der Waals surface area contributed by atoms with Crippen LogP contribution in [0.5, 0.6) is 11.5 Å². The number of aryl methyl sites for hydroxylation is 3. The fourth-order valence-electron chi connectivity index (χ4n) is 4.28. The fourth-order valence-corrected chi connectivity index (χ4v) is 4.28. The van der Waals surface area contributed by atoms with Gasteiger partial charge in [-0.1, -0.05) is 0 Å². The summed E-state index contributed by atoms with van der Waals surface area (Å²) in [7, 11) is 4.79. The Morgan fingerprint density at radius 2 is 1.83 bits per heavy atom. The number of ether oxygens (including phenoxy) is 2. The van der Waals surface area contributed by atoms with Crippen molar-refractivity contribution >= 4 is 21.9 Å². The van der Waals surface area contributed by atoms with E-state index in [4.69, 9.17) is 4.74 Å². The van der Waals surface area contributed by atoms with Gasteiger partial charge in [0, 0.05) is 42.9 Å². The fraction of sp³-hybridized carbons (Fsp3) is 0.217. The Labute approximate surface area is 196 Å². The Hall–Kier alpha value is -4.35. The van der Waals surface area contributed by atoms with Crippen molar-refractivity contribution in [2.75, 3.05) is 7.11 Å². The second-order valence-corrected chi connectivity index (χ2v) is 7.89. The Kier molecular flexibility index (Phi) is 5.23. The molecule has 0 aliphatic rings. The molecule has 0 saturated heterocycles. The zero-order valence-corrected chi connectivity index (χ0v) is 19.1. The average molecular weight is 484 g/mol. The third-order valence-corrected chi connectivity index (χ3v) is 5.79. The Balaban J connectivity index is 1.93. The number of hydrogen-bond acceptors (Lipinski definition) is 6. The van der Waals surface area contributed by atoms with Crippen molar-refractivity contribution in [2.24, 2.45) is 14.1 Å². The van der Waals surface area contributed by atoms with Gasteiger partial charge in [0.15, 0.2) is 11.6 Å². The summed E-state index contributed by atoms with van der Waals surface area (Å²) in [6.45, 7) is -1.40. The summed E-state index contributed by atoms with van der Waals surface area (Å²) in [6, 6.07) is 3.45. The van der Waals surface area contributed by atoms with E-state index in [0.717, 1.165) is 28.2 Å². The predicted molar refractivity (Wildman–Crippen MR) is 122 cm³/mol. The van der Waals surface area contributed by atoms with Crippen LogP contribution in [0.15, 0.2) is 41.7 Å². The van der Waals surface area contributed by atoms with E-state index in [9.17, 15) is 13.6 Å². The summed E-state index contributed by atoms with van der Waals surface area (Å²) >= 11 is 0. The van der Waals surface area contributed by atoms with Crippen LogP contribution in [0.2, 0.25) is 0 Å². The Morgan fingerprint density at radius 3 is 2.49 bits per heavy atom. The third kappa shape index (κ3) is 3.49. The molecular formula is C23H19F3N6O3. The van der Waals surface area contributed by atoms with Crippen molar-refractivity contribution in [3.63, 3.8) is 0 Å². The van der Waals surface area contributed by atoms with Crippen molar-refractivity contribution < 1.29 is 22.6 Å². The number of hydrogen-bond donors (Lipinski definition) is 0. The first-order chi connectivity index (χ1) is 16.7. The summed E-state index contributed by atoms with van der Waals surface area (Å²) in [5, 5.41) is 4.85. The van der Waals surface area contributed by atoms with Crippen molar-refractivity contribution in [2.45, 2.75) is 13.5 Å². The first kappa shape index (κ1) is 22.4. The summed E-state index contributed by atoms with van der Waals surface area (Å²) in [5.41, 5.74) is 2.12. The number of methoxy groups -OCH3 is 1. The lowest BCUT2D eigenvalue weighted by molar-refractivity contribution is -0.0502. The van der Waals surface area contributed by atoms with Gasteiger partial charge in [-0.15, -0.1) is 0 Å². The van der Waals surface area contributed by atoms with Gasteiger partial charge in [0.05, 0.1) is 47.9 Å². The molecule has 0 amide bonds. The number of alkyl halides is 2. The zero-order valence-electron chi connectivity index (χ0n) is 19.1. The molecule has 180 valence electrons. The lowest BCUT2D eigenvalue weighted by atomic mass is 10.0. The van der Waals surface area contributed by atoms with Crippen molar-refractivity contribution in [3.05, 3.63) is 58.9 Å². The lowest BCUT2D eigenvalue weighted by Crippen LogP contribution is -2.22. The highest BCUT2D eigenvalue weighted by Gasteiger charge is 2.25. The van der Waals surface area contributed by atoms with Gasteiger partial charge in [0.25, 0.3) is 0 Å². The molecule has 0 radical (unpaired) electrons. The Bertz CT molecular complexity index is 1670. The van der Waals surface area contributed by atoms with E-state index >= 15 is 4.39 Å². The lowest BCUT2D eigenvalue weighted by Gasteiger charge is -2.14. The number of halogens is 3. The summed E-state index contributed by atoms with van der Waals surface area (Å²) in [4.78, 5) is 21.3. The molecule has 1 aromatic carbocycles. The molecule has 4 aromatic heterocycles. The van der Waals surface area contributed by atoms with Gasteiger partial charge in [-0.05, 0) is 13.0 Å². The normalized spacial score (nSPS) is 11.7. The highest BCUT2D eigenvalue weighted by atomic mass is 19.3. The van der Waals surface area contributed by atoms with Gasteiger partial charge in [0.2, 0.25) is 0 Å². The minimum atomic E-state index is -3.24. The maximum Gasteiger partial charge on any atom is 0.387 e. The molecule has 5 aromatic rings. The second kappa shape index (κ2) is 8.15. The highest BCUT2D eigenvalue weighted by Crippen LogP contribution is 2.38. The van der Waals surface area contributed by atoms with Gasteiger partial charge in [-0.3, -0.25) is 23.8 Å². The van der Waals surface area contributed by atoms with Crippen LogP contribution in [0.3, 0.4) is 0 Å². The third-order valence-electron chi connectivity index (χ3n) is 5.79. The van der Waals surface area contributed by atoms with Crippen molar-refractivity contribution in [3.8, 4) is 28.3 Å². The molecule has 0 aliphatic carbocycles. The van der Waals surface area contributed by atoms with E-state index in [1.165, 1.54) is 24.9 Å². The zero-order chi connectivity index (χ0) is 25.0. The van der Waals surface area contributed by atoms with Gasteiger partial charge >= 0.3 is 12.3 Å². The number of benzene rings is 1. The van der Waals surface area contributed by atoms with Crippen molar-refractivity contribution in [1.29, 1.82) is 0 Å². The van der Waals surface area contributed by atoms with Crippen molar-refractivity contribution in [1.82, 2.24) is 28.9 Å². The first-order valence-electron chi connectivity index (χ1n) is 10.4. The van der Waals surface area contributed by atoms with E-state index in [1.807, 2.05) is 13.1 Å².